The Bertz CT molecular complexity index is 1280. The number of fused-ring (bicyclic) bond motifs is 1. The molecule has 0 aliphatic carbocycles. The summed E-state index contributed by atoms with van der Waals surface area (Å²) in [5.41, 5.74) is 2.04. The molecule has 2 heterocycles. The Balaban J connectivity index is 1.94. The van der Waals surface area contributed by atoms with Crippen LogP contribution in [0.3, 0.4) is 0 Å². The molecule has 0 unspecified atom stereocenters. The number of H-pyrrole nitrogens is 1. The predicted octanol–water partition coefficient (Wildman–Crippen LogP) is 2.66. The maximum atomic E-state index is 13.2. The van der Waals surface area contributed by atoms with Crippen LogP contribution in [0.1, 0.15) is 11.1 Å². The van der Waals surface area contributed by atoms with E-state index in [4.69, 9.17) is 12.2 Å². The van der Waals surface area contributed by atoms with E-state index in [-0.39, 0.29) is 17.8 Å². The zero-order chi connectivity index (χ0) is 19.0. The number of aromatic amines is 1. The number of rotatable bonds is 4. The van der Waals surface area contributed by atoms with E-state index in [9.17, 15) is 9.59 Å². The number of hydrogen-bond acceptors (Lipinski definition) is 3. The fourth-order valence-corrected chi connectivity index (χ4v) is 3.48. The van der Waals surface area contributed by atoms with Gasteiger partial charge in [0.2, 0.25) is 0 Å². The summed E-state index contributed by atoms with van der Waals surface area (Å²) < 4.78 is 4.86. The minimum Gasteiger partial charge on any atom is -0.316 e. The standard InChI is InChI=1S/C20H18N4O2S/c1-22-17-16(23(19(27)21-17)12-14-8-4-2-5-9-14)18(25)24(20(22)26)13-15-10-6-3-7-11-15/h2-11H,12-13H2,1H3,(H,21,27). The third-order valence-electron chi connectivity index (χ3n) is 4.63. The molecule has 0 spiro atoms. The lowest BCUT2D eigenvalue weighted by molar-refractivity contribution is 0.653. The predicted molar refractivity (Wildman–Crippen MR) is 108 cm³/mol. The van der Waals surface area contributed by atoms with E-state index >= 15 is 0 Å². The Hall–Kier alpha value is -3.19. The highest BCUT2D eigenvalue weighted by molar-refractivity contribution is 7.71. The summed E-state index contributed by atoms with van der Waals surface area (Å²) in [6.07, 6.45) is 0. The number of benzene rings is 2. The van der Waals surface area contributed by atoms with Crippen LogP contribution >= 0.6 is 12.2 Å². The number of aryl methyl sites for hydroxylation is 1. The lowest BCUT2D eigenvalue weighted by Gasteiger charge is -2.10. The Morgan fingerprint density at radius 3 is 1.93 bits per heavy atom. The molecule has 7 heteroatoms. The molecule has 1 N–H and O–H groups in total. The van der Waals surface area contributed by atoms with Crippen molar-refractivity contribution in [2.45, 2.75) is 13.1 Å². The molecule has 4 aromatic rings. The van der Waals surface area contributed by atoms with Crippen LogP contribution in [0.4, 0.5) is 0 Å². The van der Waals surface area contributed by atoms with Gasteiger partial charge < -0.3 is 9.55 Å². The Morgan fingerprint density at radius 2 is 1.37 bits per heavy atom. The summed E-state index contributed by atoms with van der Waals surface area (Å²) in [5.74, 6) is 0. The minimum absolute atomic E-state index is 0.214. The number of aromatic nitrogens is 4. The molecule has 2 aromatic heterocycles. The molecule has 27 heavy (non-hydrogen) atoms. The summed E-state index contributed by atoms with van der Waals surface area (Å²) in [4.78, 5) is 29.0. The molecule has 2 aromatic carbocycles. The van der Waals surface area contributed by atoms with Gasteiger partial charge in [-0.05, 0) is 23.3 Å². The molecule has 0 saturated heterocycles. The molecule has 0 aliphatic heterocycles. The van der Waals surface area contributed by atoms with E-state index in [1.807, 2.05) is 60.7 Å². The highest BCUT2D eigenvalue weighted by Crippen LogP contribution is 2.12. The molecule has 0 fully saturated rings. The molecule has 6 nitrogen and oxygen atoms in total. The van der Waals surface area contributed by atoms with Crippen LogP contribution in [-0.2, 0) is 20.1 Å². The molecule has 4 rings (SSSR count). The van der Waals surface area contributed by atoms with E-state index in [1.165, 1.54) is 9.13 Å². The number of nitrogens with one attached hydrogen (secondary N) is 1. The van der Waals surface area contributed by atoms with Crippen LogP contribution in [0.2, 0.25) is 0 Å². The van der Waals surface area contributed by atoms with Gasteiger partial charge in [0.05, 0.1) is 13.1 Å². The van der Waals surface area contributed by atoms with E-state index < -0.39 is 0 Å². The van der Waals surface area contributed by atoms with Crippen LogP contribution in [0, 0.1) is 4.77 Å². The first kappa shape index (κ1) is 17.2. The molecule has 0 saturated carbocycles. The molecule has 136 valence electrons. The van der Waals surface area contributed by atoms with Crippen LogP contribution in [0.25, 0.3) is 11.2 Å². The highest BCUT2D eigenvalue weighted by atomic mass is 32.1. The van der Waals surface area contributed by atoms with Gasteiger partial charge in [-0.1, -0.05) is 60.7 Å². The second-order valence-corrected chi connectivity index (χ2v) is 6.80. The maximum Gasteiger partial charge on any atom is 0.332 e. The normalized spacial score (nSPS) is 11.1. The quantitative estimate of drug-likeness (QED) is 0.555. The molecule has 0 bridgehead atoms. The van der Waals surface area contributed by atoms with Crippen LogP contribution in [0.15, 0.2) is 70.3 Å². The van der Waals surface area contributed by atoms with Crippen molar-refractivity contribution in [3.63, 3.8) is 0 Å². The van der Waals surface area contributed by atoms with Gasteiger partial charge in [-0.25, -0.2) is 4.79 Å². The van der Waals surface area contributed by atoms with Gasteiger partial charge in [0, 0.05) is 7.05 Å². The lowest BCUT2D eigenvalue weighted by Crippen LogP contribution is -2.40. The van der Waals surface area contributed by atoms with E-state index in [1.54, 1.807) is 11.6 Å². The van der Waals surface area contributed by atoms with E-state index in [2.05, 4.69) is 4.98 Å². The largest absolute Gasteiger partial charge is 0.332 e. The second-order valence-electron chi connectivity index (χ2n) is 6.42. The van der Waals surface area contributed by atoms with Crippen molar-refractivity contribution in [2.75, 3.05) is 0 Å². The van der Waals surface area contributed by atoms with Crippen LogP contribution in [-0.4, -0.2) is 18.7 Å². The smallest absolute Gasteiger partial charge is 0.316 e. The molecular weight excluding hydrogens is 360 g/mol. The van der Waals surface area contributed by atoms with Crippen LogP contribution in [0.5, 0.6) is 0 Å². The van der Waals surface area contributed by atoms with Crippen molar-refractivity contribution in [1.82, 2.24) is 18.7 Å². The van der Waals surface area contributed by atoms with Gasteiger partial charge in [-0.2, -0.15) is 0 Å². The van der Waals surface area contributed by atoms with Gasteiger partial charge in [-0.15, -0.1) is 0 Å². The van der Waals surface area contributed by atoms with Crippen molar-refractivity contribution in [1.29, 1.82) is 0 Å². The first-order valence-electron chi connectivity index (χ1n) is 8.56. The topological polar surface area (TPSA) is 64.7 Å². The van der Waals surface area contributed by atoms with Crippen molar-refractivity contribution >= 4 is 23.4 Å². The summed E-state index contributed by atoms with van der Waals surface area (Å²) >= 11 is 5.43. The molecule has 0 aliphatic rings. The zero-order valence-corrected chi connectivity index (χ0v) is 15.6. The Morgan fingerprint density at radius 1 is 0.852 bits per heavy atom. The summed E-state index contributed by atoms with van der Waals surface area (Å²) in [6, 6.07) is 19.2. The summed E-state index contributed by atoms with van der Waals surface area (Å²) in [7, 11) is 1.64. The van der Waals surface area contributed by atoms with Crippen molar-refractivity contribution in [2.24, 2.45) is 7.05 Å². The number of nitrogens with zero attached hydrogens (tertiary/aromatic N) is 3. The minimum atomic E-state index is -0.375. The first-order chi connectivity index (χ1) is 13.1. The van der Waals surface area contributed by atoms with Crippen molar-refractivity contribution in [3.05, 3.63) is 97.4 Å². The molecule has 0 atom stereocenters. The van der Waals surface area contributed by atoms with Gasteiger partial charge in [-0.3, -0.25) is 13.9 Å². The van der Waals surface area contributed by atoms with Gasteiger partial charge in [0.25, 0.3) is 5.56 Å². The number of imidazole rings is 1. The van der Waals surface area contributed by atoms with Crippen molar-refractivity contribution in [3.8, 4) is 0 Å². The fraction of sp³-hybridized carbons (Fsp3) is 0.150. The van der Waals surface area contributed by atoms with E-state index in [0.717, 1.165) is 11.1 Å². The molecular formula is C20H18N4O2S. The lowest BCUT2D eigenvalue weighted by atomic mass is 10.2. The Kier molecular flexibility index (Phi) is 4.37. The van der Waals surface area contributed by atoms with Gasteiger partial charge in [0.15, 0.2) is 10.3 Å². The summed E-state index contributed by atoms with van der Waals surface area (Å²) in [6.45, 7) is 0.671. The third kappa shape index (κ3) is 3.06. The van der Waals surface area contributed by atoms with E-state index in [0.29, 0.717) is 22.5 Å². The zero-order valence-electron chi connectivity index (χ0n) is 14.8. The monoisotopic (exact) mass is 378 g/mol. The average Bonchev–Trinajstić information content (AvgIpc) is 3.02. The molecule has 0 amide bonds. The maximum absolute atomic E-state index is 13.2. The molecule has 0 radical (unpaired) electrons. The Labute approximate surface area is 160 Å². The highest BCUT2D eigenvalue weighted by Gasteiger charge is 2.17. The van der Waals surface area contributed by atoms with Crippen molar-refractivity contribution < 1.29 is 0 Å². The van der Waals surface area contributed by atoms with Gasteiger partial charge in [0.1, 0.15) is 5.65 Å². The number of hydrogen-bond donors (Lipinski definition) is 1. The third-order valence-corrected chi connectivity index (χ3v) is 4.96. The SMILES string of the molecule is Cn1c(=O)n(Cc2ccccc2)c(=O)c2c1[nH]c(=S)n2Cc1ccccc1. The first-order valence-corrected chi connectivity index (χ1v) is 8.97. The summed E-state index contributed by atoms with van der Waals surface area (Å²) in [5, 5.41) is 0. The fourth-order valence-electron chi connectivity index (χ4n) is 3.23. The van der Waals surface area contributed by atoms with Gasteiger partial charge >= 0.3 is 5.69 Å². The second kappa shape index (κ2) is 6.85. The average molecular weight is 378 g/mol. The van der Waals surface area contributed by atoms with Crippen LogP contribution < -0.4 is 11.2 Å².